The van der Waals surface area contributed by atoms with E-state index < -0.39 is 5.60 Å². The maximum Gasteiger partial charge on any atom is 0.305 e. The molecule has 0 fully saturated rings. The van der Waals surface area contributed by atoms with Gasteiger partial charge in [0.05, 0.1) is 13.2 Å². The molecule has 1 heterocycles. The van der Waals surface area contributed by atoms with Crippen molar-refractivity contribution in [3.63, 3.8) is 0 Å². The Morgan fingerprint density at radius 3 is 2.58 bits per heavy atom. The molecule has 26 heavy (non-hydrogen) atoms. The highest BCUT2D eigenvalue weighted by Crippen LogP contribution is 2.27. The van der Waals surface area contributed by atoms with E-state index in [2.05, 4.69) is 15.6 Å². The molecule has 1 aromatic heterocycles. The normalized spacial score (nSPS) is 13.5. The first-order valence-corrected chi connectivity index (χ1v) is 8.77. The zero-order valence-electron chi connectivity index (χ0n) is 16.3. The van der Waals surface area contributed by atoms with Crippen molar-refractivity contribution >= 4 is 35.9 Å². The van der Waals surface area contributed by atoms with Crippen LogP contribution in [0.2, 0.25) is 0 Å². The number of hydrogen-bond acceptors (Lipinski definition) is 5. The van der Waals surface area contributed by atoms with E-state index in [1.54, 1.807) is 13.8 Å². The summed E-state index contributed by atoms with van der Waals surface area (Å²) in [5.41, 5.74) is -0.373. The van der Waals surface area contributed by atoms with E-state index in [-0.39, 0.29) is 36.5 Å². The van der Waals surface area contributed by atoms with Gasteiger partial charge < -0.3 is 24.9 Å². The average molecular weight is 481 g/mol. The molecule has 0 saturated carbocycles. The van der Waals surface area contributed by atoms with Crippen LogP contribution in [-0.2, 0) is 15.1 Å². The number of nitrogens with one attached hydrogen (secondary N) is 2. The van der Waals surface area contributed by atoms with Crippen molar-refractivity contribution in [3.8, 4) is 0 Å². The predicted molar refractivity (Wildman–Crippen MR) is 113 cm³/mol. The second-order valence-corrected chi connectivity index (χ2v) is 6.13. The maximum absolute atomic E-state index is 11.3. The first kappa shape index (κ1) is 24.7. The van der Waals surface area contributed by atoms with E-state index in [9.17, 15) is 9.90 Å². The highest BCUT2D eigenvalue weighted by atomic mass is 127. The quantitative estimate of drug-likeness (QED) is 0.165. The van der Waals surface area contributed by atoms with E-state index in [1.807, 2.05) is 26.8 Å². The number of rotatable bonds is 9. The summed E-state index contributed by atoms with van der Waals surface area (Å²) in [6.45, 7) is 11.1. The Kier molecular flexibility index (Phi) is 11.6. The lowest BCUT2D eigenvalue weighted by Crippen LogP contribution is -2.39. The number of ether oxygens (including phenoxy) is 1. The second kappa shape index (κ2) is 12.2. The zero-order valence-corrected chi connectivity index (χ0v) is 18.7. The summed E-state index contributed by atoms with van der Waals surface area (Å²) in [5.74, 6) is 1.87. The lowest BCUT2D eigenvalue weighted by atomic mass is 9.96. The lowest BCUT2D eigenvalue weighted by molar-refractivity contribution is -0.143. The van der Waals surface area contributed by atoms with Crippen molar-refractivity contribution < 1.29 is 19.1 Å². The number of guanidine groups is 1. The van der Waals surface area contributed by atoms with Gasteiger partial charge in [0.1, 0.15) is 17.1 Å². The van der Waals surface area contributed by atoms with Crippen molar-refractivity contribution in [2.45, 2.75) is 53.1 Å². The van der Waals surface area contributed by atoms with Gasteiger partial charge in [-0.2, -0.15) is 0 Å². The van der Waals surface area contributed by atoms with Crippen LogP contribution in [0, 0.1) is 13.8 Å². The fraction of sp³-hybridized carbons (Fsp3) is 0.667. The molecule has 150 valence electrons. The van der Waals surface area contributed by atoms with E-state index in [0.717, 1.165) is 11.3 Å². The Morgan fingerprint density at radius 2 is 2.04 bits per heavy atom. The minimum Gasteiger partial charge on any atom is -0.466 e. The van der Waals surface area contributed by atoms with Crippen molar-refractivity contribution in [2.24, 2.45) is 4.99 Å². The minimum atomic E-state index is -1.12. The fourth-order valence-corrected chi connectivity index (χ4v) is 2.50. The van der Waals surface area contributed by atoms with Crippen LogP contribution in [0.15, 0.2) is 15.5 Å². The van der Waals surface area contributed by atoms with Gasteiger partial charge >= 0.3 is 5.97 Å². The van der Waals surface area contributed by atoms with Crippen LogP contribution in [0.5, 0.6) is 0 Å². The third kappa shape index (κ3) is 8.39. The smallest absolute Gasteiger partial charge is 0.305 e. The zero-order chi connectivity index (χ0) is 18.9. The summed E-state index contributed by atoms with van der Waals surface area (Å²) in [4.78, 5) is 15.8. The molecule has 1 atom stereocenters. The van der Waals surface area contributed by atoms with Crippen molar-refractivity contribution in [1.29, 1.82) is 0 Å². The summed E-state index contributed by atoms with van der Waals surface area (Å²) >= 11 is 0. The van der Waals surface area contributed by atoms with Gasteiger partial charge in [-0.3, -0.25) is 4.79 Å². The Labute approximate surface area is 173 Å². The lowest BCUT2D eigenvalue weighted by Gasteiger charge is -2.21. The monoisotopic (exact) mass is 481 g/mol. The highest BCUT2D eigenvalue weighted by molar-refractivity contribution is 14.0. The van der Waals surface area contributed by atoms with Gasteiger partial charge in [-0.15, -0.1) is 24.0 Å². The van der Waals surface area contributed by atoms with Gasteiger partial charge in [0.15, 0.2) is 5.96 Å². The molecule has 1 rings (SSSR count). The Hall–Kier alpha value is -1.29. The summed E-state index contributed by atoms with van der Waals surface area (Å²) in [7, 11) is 0. The summed E-state index contributed by atoms with van der Waals surface area (Å²) < 4.78 is 10.4. The van der Waals surface area contributed by atoms with Crippen LogP contribution in [0.1, 0.15) is 50.7 Å². The first-order valence-electron chi connectivity index (χ1n) is 8.77. The maximum atomic E-state index is 11.3. The number of carbonyl (C=O) groups excluding carboxylic acids is 1. The number of esters is 1. The van der Waals surface area contributed by atoms with Crippen LogP contribution in [0.25, 0.3) is 0 Å². The van der Waals surface area contributed by atoms with Crippen molar-refractivity contribution in [2.75, 3.05) is 26.2 Å². The number of halogens is 1. The molecule has 0 aliphatic carbocycles. The van der Waals surface area contributed by atoms with E-state index >= 15 is 0 Å². The second-order valence-electron chi connectivity index (χ2n) is 6.13. The van der Waals surface area contributed by atoms with Crippen molar-refractivity contribution in [1.82, 2.24) is 10.6 Å². The van der Waals surface area contributed by atoms with E-state index in [4.69, 9.17) is 9.15 Å². The average Bonchev–Trinajstić information content (AvgIpc) is 2.89. The third-order valence-electron chi connectivity index (χ3n) is 3.67. The van der Waals surface area contributed by atoms with Gasteiger partial charge in [-0.05, 0) is 47.1 Å². The molecule has 0 aromatic carbocycles. The van der Waals surface area contributed by atoms with Crippen LogP contribution < -0.4 is 10.6 Å². The van der Waals surface area contributed by atoms with Crippen LogP contribution in [0.4, 0.5) is 0 Å². The molecule has 0 aliphatic rings. The molecule has 1 unspecified atom stereocenters. The van der Waals surface area contributed by atoms with E-state index in [0.29, 0.717) is 44.3 Å². The van der Waals surface area contributed by atoms with Crippen LogP contribution >= 0.6 is 24.0 Å². The number of carbonyl (C=O) groups is 1. The van der Waals surface area contributed by atoms with Gasteiger partial charge in [0.25, 0.3) is 0 Å². The summed E-state index contributed by atoms with van der Waals surface area (Å²) in [6, 6.07) is 1.84. The number of furan rings is 1. The Morgan fingerprint density at radius 1 is 1.35 bits per heavy atom. The third-order valence-corrected chi connectivity index (χ3v) is 3.67. The number of nitrogens with zero attached hydrogens (tertiary/aromatic N) is 1. The van der Waals surface area contributed by atoms with Gasteiger partial charge in [0.2, 0.25) is 0 Å². The van der Waals surface area contributed by atoms with Gasteiger partial charge in [0, 0.05) is 25.1 Å². The van der Waals surface area contributed by atoms with Gasteiger partial charge in [-0.1, -0.05) is 0 Å². The molecule has 0 spiro atoms. The molecule has 0 bridgehead atoms. The minimum absolute atomic E-state index is 0. The Bertz CT molecular complexity index is 585. The van der Waals surface area contributed by atoms with E-state index in [1.165, 1.54) is 0 Å². The number of hydrogen-bond donors (Lipinski definition) is 3. The molecule has 8 heteroatoms. The molecule has 3 N–H and O–H groups in total. The number of aliphatic hydroxyl groups is 1. The summed E-state index contributed by atoms with van der Waals surface area (Å²) in [5, 5.41) is 17.0. The van der Waals surface area contributed by atoms with Gasteiger partial charge in [-0.25, -0.2) is 4.99 Å². The summed E-state index contributed by atoms with van der Waals surface area (Å²) in [6.07, 6.45) is 1.02. The SMILES string of the molecule is CCNC(=NCC(C)(O)c1cc(C)oc1C)NCCCC(=O)OCC.I. The molecule has 0 radical (unpaired) electrons. The number of aryl methyl sites for hydroxylation is 2. The predicted octanol–water partition coefficient (Wildman–Crippen LogP) is 2.62. The fourth-order valence-electron chi connectivity index (χ4n) is 2.50. The van der Waals surface area contributed by atoms with Crippen molar-refractivity contribution in [3.05, 3.63) is 23.2 Å². The Balaban J connectivity index is 0.00000625. The largest absolute Gasteiger partial charge is 0.466 e. The molecular weight excluding hydrogens is 449 g/mol. The standard InChI is InChI=1S/C18H31N3O4.HI/c1-6-19-17(20-10-8-9-16(22)24-7-2)21-12-18(5,23)15-11-13(3)25-14(15)4;/h11,23H,6-10,12H2,1-5H3,(H2,19,20,21);1H. The molecule has 7 nitrogen and oxygen atoms in total. The van der Waals surface area contributed by atoms with Crippen LogP contribution in [0.3, 0.4) is 0 Å². The first-order chi connectivity index (χ1) is 11.8. The topological polar surface area (TPSA) is 96.1 Å². The highest BCUT2D eigenvalue weighted by Gasteiger charge is 2.27. The molecular formula is C18H32IN3O4. The molecule has 0 aliphatic heterocycles. The molecule has 0 amide bonds. The van der Waals surface area contributed by atoms with Crippen LogP contribution in [-0.4, -0.2) is 43.3 Å². The number of aliphatic imine (C=N–C) groups is 1. The molecule has 0 saturated heterocycles. The molecule has 1 aromatic rings.